The van der Waals surface area contributed by atoms with Gasteiger partial charge < -0.3 is 14.8 Å². The van der Waals surface area contributed by atoms with Gasteiger partial charge in [-0.2, -0.15) is 0 Å². The Balaban J connectivity index is 0.000000487. The maximum atomic E-state index is 8.89. The van der Waals surface area contributed by atoms with Gasteiger partial charge in [0.15, 0.2) is 0 Å². The summed E-state index contributed by atoms with van der Waals surface area (Å²) in [7, 11) is 0. The van der Waals surface area contributed by atoms with Crippen LogP contribution < -0.4 is 10.0 Å². The van der Waals surface area contributed by atoms with Crippen molar-refractivity contribution in [1.29, 1.82) is 0 Å². The van der Waals surface area contributed by atoms with Crippen LogP contribution in [0.3, 0.4) is 0 Å². The molecule has 16 heavy (non-hydrogen) atoms. The lowest BCUT2D eigenvalue weighted by atomic mass is 9.94. The normalized spacial score (nSPS) is 24.4. The van der Waals surface area contributed by atoms with E-state index >= 15 is 0 Å². The zero-order valence-corrected chi connectivity index (χ0v) is 11.1. The molecule has 0 bridgehead atoms. The Morgan fingerprint density at radius 1 is 1.31 bits per heavy atom. The van der Waals surface area contributed by atoms with E-state index in [4.69, 9.17) is 9.90 Å². The molecule has 1 N–H and O–H groups in total. The van der Waals surface area contributed by atoms with Gasteiger partial charge in [0, 0.05) is 5.97 Å². The van der Waals surface area contributed by atoms with Gasteiger partial charge in [-0.05, 0) is 32.1 Å². The minimum atomic E-state index is -1.08. The van der Waals surface area contributed by atoms with E-state index in [1.807, 2.05) is 4.90 Å². The predicted octanol–water partition coefficient (Wildman–Crippen LogP) is 0.248. The number of carbonyl (C=O) groups excluding carboxylic acids is 1. The first-order valence-corrected chi connectivity index (χ1v) is 6.61. The molecule has 1 fully saturated rings. The molecule has 0 aromatic heterocycles. The van der Waals surface area contributed by atoms with Crippen LogP contribution in [0.15, 0.2) is 0 Å². The van der Waals surface area contributed by atoms with Crippen molar-refractivity contribution in [3.05, 3.63) is 0 Å². The maximum absolute atomic E-state index is 8.89. The van der Waals surface area contributed by atoms with Crippen LogP contribution in [0.4, 0.5) is 0 Å². The van der Waals surface area contributed by atoms with E-state index in [0.29, 0.717) is 0 Å². The van der Waals surface area contributed by atoms with Gasteiger partial charge >= 0.3 is 0 Å². The summed E-state index contributed by atoms with van der Waals surface area (Å²) >= 11 is 0. The van der Waals surface area contributed by atoms with Crippen molar-refractivity contribution in [1.82, 2.24) is 0 Å². The maximum Gasteiger partial charge on any atom is 0.0773 e. The molecule has 0 radical (unpaired) electrons. The molecular formula is C13H27NO2. The lowest BCUT2D eigenvalue weighted by molar-refractivity contribution is -0.906. The minimum absolute atomic E-state index is 0.972. The monoisotopic (exact) mass is 229 g/mol. The molecule has 1 heterocycles. The van der Waals surface area contributed by atoms with Crippen molar-refractivity contribution in [3.8, 4) is 0 Å². The van der Waals surface area contributed by atoms with Gasteiger partial charge in [-0.25, -0.2) is 0 Å². The van der Waals surface area contributed by atoms with Gasteiger partial charge in [-0.3, -0.25) is 0 Å². The van der Waals surface area contributed by atoms with Gasteiger partial charge in [0.1, 0.15) is 0 Å². The summed E-state index contributed by atoms with van der Waals surface area (Å²) in [5.41, 5.74) is 0. The molecule has 0 aromatic rings. The smallest absolute Gasteiger partial charge is 0.0773 e. The lowest BCUT2D eigenvalue weighted by Gasteiger charge is -2.28. The number of nitrogens with one attached hydrogen (secondary N) is 1. The summed E-state index contributed by atoms with van der Waals surface area (Å²) in [4.78, 5) is 10.8. The van der Waals surface area contributed by atoms with Gasteiger partial charge in [0.25, 0.3) is 0 Å². The summed E-state index contributed by atoms with van der Waals surface area (Å²) in [5.74, 6) is -0.0321. The fourth-order valence-electron chi connectivity index (χ4n) is 2.17. The number of quaternary nitrogens is 1. The van der Waals surface area contributed by atoms with Gasteiger partial charge in [-0.1, -0.05) is 26.7 Å². The first-order chi connectivity index (χ1) is 7.60. The molecule has 1 rings (SSSR count). The first kappa shape index (κ1) is 15.4. The average Bonchev–Trinajstić information content (AvgIpc) is 2.26. The van der Waals surface area contributed by atoms with Crippen molar-refractivity contribution >= 4 is 5.97 Å². The highest BCUT2D eigenvalue weighted by Crippen LogP contribution is 2.12. The topological polar surface area (TPSA) is 44.6 Å². The number of rotatable bonds is 4. The Morgan fingerprint density at radius 2 is 1.81 bits per heavy atom. The molecule has 3 nitrogen and oxygen atoms in total. The number of aliphatic carboxylic acids is 1. The highest BCUT2D eigenvalue weighted by Gasteiger charge is 2.19. The van der Waals surface area contributed by atoms with Crippen molar-refractivity contribution in [3.63, 3.8) is 0 Å². The average molecular weight is 229 g/mol. The molecule has 0 unspecified atom stereocenters. The van der Waals surface area contributed by atoms with Gasteiger partial charge in [-0.15, -0.1) is 0 Å². The second-order valence-corrected chi connectivity index (χ2v) is 4.70. The molecule has 0 saturated carbocycles. The molecule has 3 heteroatoms. The number of carboxylic acid groups (broad SMARTS) is 1. The van der Waals surface area contributed by atoms with Crippen LogP contribution in [0.25, 0.3) is 0 Å². The van der Waals surface area contributed by atoms with E-state index < -0.39 is 5.97 Å². The lowest BCUT2D eigenvalue weighted by Crippen LogP contribution is -3.13. The van der Waals surface area contributed by atoms with Crippen LogP contribution in [0.2, 0.25) is 0 Å². The van der Waals surface area contributed by atoms with Crippen LogP contribution in [0, 0.1) is 5.92 Å². The second-order valence-electron chi connectivity index (χ2n) is 4.70. The van der Waals surface area contributed by atoms with Gasteiger partial charge in [0.05, 0.1) is 19.6 Å². The highest BCUT2D eigenvalue weighted by atomic mass is 16.4. The summed E-state index contributed by atoms with van der Waals surface area (Å²) in [6.45, 7) is 9.91. The molecular weight excluding hydrogens is 202 g/mol. The zero-order valence-electron chi connectivity index (χ0n) is 11.1. The summed E-state index contributed by atoms with van der Waals surface area (Å²) in [5, 5.41) is 8.89. The molecule has 0 aromatic carbocycles. The van der Waals surface area contributed by atoms with E-state index in [0.717, 1.165) is 12.8 Å². The molecule has 0 spiro atoms. The molecule has 1 saturated heterocycles. The number of hydrogen-bond donors (Lipinski definition) is 1. The third-order valence-electron chi connectivity index (χ3n) is 3.27. The number of unbranched alkanes of at least 4 members (excludes halogenated alkanes) is 1. The minimum Gasteiger partial charge on any atom is -0.550 e. The van der Waals surface area contributed by atoms with E-state index in [1.54, 1.807) is 0 Å². The van der Waals surface area contributed by atoms with Crippen LogP contribution in [0.5, 0.6) is 0 Å². The van der Waals surface area contributed by atoms with Crippen LogP contribution in [0.1, 0.15) is 52.9 Å². The molecule has 1 aliphatic rings. The van der Waals surface area contributed by atoms with E-state index in [2.05, 4.69) is 13.8 Å². The Bertz CT molecular complexity index is 171. The SMILES string of the molecule is CC(=O)[O-].CCCC[NH+]1CCC(CC)CC1. The number of piperidine rings is 1. The number of hydrogen-bond acceptors (Lipinski definition) is 2. The van der Waals surface area contributed by atoms with E-state index in [1.165, 1.54) is 51.7 Å². The predicted molar refractivity (Wildman–Crippen MR) is 64.2 cm³/mol. The molecule has 96 valence electrons. The quantitative estimate of drug-likeness (QED) is 0.751. The molecule has 0 amide bonds. The second kappa shape index (κ2) is 9.64. The zero-order chi connectivity index (χ0) is 12.4. The number of likely N-dealkylation sites (tertiary alicyclic amines) is 1. The van der Waals surface area contributed by atoms with Crippen LogP contribution in [-0.4, -0.2) is 25.6 Å². The molecule has 0 aliphatic carbocycles. The van der Waals surface area contributed by atoms with Crippen molar-refractivity contribution in [2.75, 3.05) is 19.6 Å². The van der Waals surface area contributed by atoms with Crippen molar-refractivity contribution in [2.24, 2.45) is 5.92 Å². The summed E-state index contributed by atoms with van der Waals surface area (Å²) in [6.07, 6.45) is 7.15. The Labute approximate surface area is 99.8 Å². The molecule has 1 aliphatic heterocycles. The molecule has 0 atom stereocenters. The van der Waals surface area contributed by atoms with Gasteiger partial charge in [0.2, 0.25) is 0 Å². The Kier molecular flexibility index (Phi) is 9.30. The van der Waals surface area contributed by atoms with Crippen LogP contribution in [-0.2, 0) is 4.79 Å². The highest BCUT2D eigenvalue weighted by molar-refractivity contribution is 5.60. The fourth-order valence-corrected chi connectivity index (χ4v) is 2.17. The van der Waals surface area contributed by atoms with Crippen LogP contribution >= 0.6 is 0 Å². The Hall–Kier alpha value is -0.570. The Morgan fingerprint density at radius 3 is 2.19 bits per heavy atom. The summed E-state index contributed by atoms with van der Waals surface area (Å²) in [6, 6.07) is 0. The number of carboxylic acids is 1. The van der Waals surface area contributed by atoms with E-state index in [9.17, 15) is 0 Å². The largest absolute Gasteiger partial charge is 0.550 e. The third kappa shape index (κ3) is 8.72. The fraction of sp³-hybridized carbons (Fsp3) is 0.923. The van der Waals surface area contributed by atoms with Crippen molar-refractivity contribution < 1.29 is 14.8 Å². The van der Waals surface area contributed by atoms with E-state index in [-0.39, 0.29) is 0 Å². The van der Waals surface area contributed by atoms with Crippen molar-refractivity contribution in [2.45, 2.75) is 52.9 Å². The first-order valence-electron chi connectivity index (χ1n) is 6.61. The number of carbonyl (C=O) groups is 1. The summed E-state index contributed by atoms with van der Waals surface area (Å²) < 4.78 is 0. The standard InChI is InChI=1S/C11H23N.C2H4O2/c1-3-5-8-12-9-6-11(4-2)7-10-12;1-2(3)4/h11H,3-10H2,1-2H3;1H3,(H,3,4). The third-order valence-corrected chi connectivity index (χ3v) is 3.27.